The molecule has 6 heteroatoms. The summed E-state index contributed by atoms with van der Waals surface area (Å²) < 4.78 is 25.6. The van der Waals surface area contributed by atoms with Crippen LogP contribution in [0.1, 0.15) is 6.42 Å². The lowest BCUT2D eigenvalue weighted by Gasteiger charge is -2.34. The van der Waals surface area contributed by atoms with Gasteiger partial charge in [-0.05, 0) is 6.42 Å². The van der Waals surface area contributed by atoms with Crippen LogP contribution in [0, 0.1) is 0 Å². The summed E-state index contributed by atoms with van der Waals surface area (Å²) in [5.41, 5.74) is 5.11. The summed E-state index contributed by atoms with van der Waals surface area (Å²) in [5.74, 6) is -3.09. The van der Waals surface area contributed by atoms with Crippen molar-refractivity contribution in [3.8, 4) is 0 Å². The topological polar surface area (TPSA) is 66.6 Å². The number of alkyl halides is 2. The fourth-order valence-corrected chi connectivity index (χ4v) is 1.12. The molecule has 70 valence electrons. The van der Waals surface area contributed by atoms with Gasteiger partial charge in [0.05, 0.1) is 12.6 Å². The number of carbonyl (C=O) groups is 1. The molecule has 1 heterocycles. The first-order chi connectivity index (χ1) is 5.43. The van der Waals surface area contributed by atoms with Crippen molar-refractivity contribution < 1.29 is 18.7 Å². The number of likely N-dealkylation sites (tertiary alicyclic amines) is 1. The number of amides is 1. The van der Waals surface area contributed by atoms with E-state index in [0.29, 0.717) is 4.90 Å². The highest BCUT2D eigenvalue weighted by Crippen LogP contribution is 2.25. The van der Waals surface area contributed by atoms with E-state index >= 15 is 0 Å². The highest BCUT2D eigenvalue weighted by atomic mass is 19.3. The molecule has 0 saturated carbocycles. The first-order valence-electron chi connectivity index (χ1n) is 3.55. The monoisotopic (exact) mass is 180 g/mol. The first-order valence-corrected chi connectivity index (χ1v) is 3.55. The maximum atomic E-state index is 12.8. The van der Waals surface area contributed by atoms with Crippen molar-refractivity contribution in [2.75, 3.05) is 13.1 Å². The van der Waals surface area contributed by atoms with E-state index in [1.54, 1.807) is 0 Å². The SMILES string of the molecule is N[C@@H]1CCN(C(=O)O)CC1(F)F. The van der Waals surface area contributed by atoms with Crippen LogP contribution in [0.3, 0.4) is 0 Å². The van der Waals surface area contributed by atoms with Crippen molar-refractivity contribution in [2.24, 2.45) is 5.73 Å². The summed E-state index contributed by atoms with van der Waals surface area (Å²) in [5, 5.41) is 8.41. The van der Waals surface area contributed by atoms with Crippen molar-refractivity contribution in [1.29, 1.82) is 0 Å². The minimum atomic E-state index is -3.09. The lowest BCUT2D eigenvalue weighted by Crippen LogP contribution is -2.56. The van der Waals surface area contributed by atoms with Gasteiger partial charge < -0.3 is 15.7 Å². The first kappa shape index (κ1) is 9.18. The highest BCUT2D eigenvalue weighted by Gasteiger charge is 2.43. The van der Waals surface area contributed by atoms with Crippen LogP contribution in [0.5, 0.6) is 0 Å². The number of hydrogen-bond acceptors (Lipinski definition) is 2. The van der Waals surface area contributed by atoms with Crippen LogP contribution in [-0.4, -0.2) is 41.2 Å². The average molecular weight is 180 g/mol. The minimum absolute atomic E-state index is 0.0132. The van der Waals surface area contributed by atoms with E-state index in [9.17, 15) is 13.6 Å². The fourth-order valence-electron chi connectivity index (χ4n) is 1.12. The van der Waals surface area contributed by atoms with Crippen molar-refractivity contribution in [3.63, 3.8) is 0 Å². The van der Waals surface area contributed by atoms with E-state index in [0.717, 1.165) is 0 Å². The van der Waals surface area contributed by atoms with Gasteiger partial charge in [0, 0.05) is 6.54 Å². The lowest BCUT2D eigenvalue weighted by molar-refractivity contribution is -0.0730. The molecule has 0 spiro atoms. The van der Waals surface area contributed by atoms with Gasteiger partial charge in [0.2, 0.25) is 0 Å². The van der Waals surface area contributed by atoms with Crippen LogP contribution >= 0.6 is 0 Å². The van der Waals surface area contributed by atoms with E-state index in [4.69, 9.17) is 10.8 Å². The molecule has 0 aromatic rings. The predicted octanol–water partition coefficient (Wildman–Crippen LogP) is 0.333. The molecule has 0 unspecified atom stereocenters. The Balaban J connectivity index is 2.63. The van der Waals surface area contributed by atoms with Gasteiger partial charge in [-0.1, -0.05) is 0 Å². The van der Waals surface area contributed by atoms with Gasteiger partial charge >= 0.3 is 6.09 Å². The molecule has 0 aromatic heterocycles. The Bertz CT molecular complexity index is 198. The standard InChI is InChI=1S/C6H10F2N2O2/c7-6(8)3-10(5(11)12)2-1-4(6)9/h4H,1-3,9H2,(H,11,12)/t4-/m1/s1. The van der Waals surface area contributed by atoms with Crippen molar-refractivity contribution in [1.82, 2.24) is 4.90 Å². The molecule has 0 aromatic carbocycles. The Morgan fingerprint density at radius 1 is 1.67 bits per heavy atom. The zero-order valence-electron chi connectivity index (χ0n) is 6.33. The van der Waals surface area contributed by atoms with E-state index < -0.39 is 24.6 Å². The molecule has 12 heavy (non-hydrogen) atoms. The van der Waals surface area contributed by atoms with Gasteiger partial charge in [-0.2, -0.15) is 0 Å². The molecule has 0 radical (unpaired) electrons. The maximum absolute atomic E-state index is 12.8. The highest BCUT2D eigenvalue weighted by molar-refractivity contribution is 5.65. The Labute approximate surface area is 67.9 Å². The van der Waals surface area contributed by atoms with E-state index in [1.807, 2.05) is 0 Å². The van der Waals surface area contributed by atoms with Crippen LogP contribution in [0.4, 0.5) is 13.6 Å². The Morgan fingerprint density at radius 3 is 2.67 bits per heavy atom. The second-order valence-electron chi connectivity index (χ2n) is 2.86. The summed E-state index contributed by atoms with van der Waals surface area (Å²) in [6.07, 6.45) is -1.30. The van der Waals surface area contributed by atoms with Gasteiger partial charge in [0.15, 0.2) is 0 Å². The van der Waals surface area contributed by atoms with Crippen LogP contribution in [0.15, 0.2) is 0 Å². The Hall–Kier alpha value is -0.910. The molecule has 1 rings (SSSR count). The van der Waals surface area contributed by atoms with Crippen molar-refractivity contribution in [2.45, 2.75) is 18.4 Å². The number of carboxylic acid groups (broad SMARTS) is 1. The number of nitrogens with two attached hydrogens (primary N) is 1. The van der Waals surface area contributed by atoms with E-state index in [1.165, 1.54) is 0 Å². The smallest absolute Gasteiger partial charge is 0.407 e. The summed E-state index contributed by atoms with van der Waals surface area (Å²) in [7, 11) is 0. The number of nitrogens with zero attached hydrogens (tertiary/aromatic N) is 1. The third-order valence-corrected chi connectivity index (χ3v) is 1.92. The summed E-state index contributed by atoms with van der Waals surface area (Å²) in [6, 6.07) is -1.21. The molecule has 0 bridgehead atoms. The number of halogens is 2. The molecule has 3 N–H and O–H groups in total. The summed E-state index contributed by atoms with van der Waals surface area (Å²) in [4.78, 5) is 11.0. The second kappa shape index (κ2) is 2.85. The van der Waals surface area contributed by atoms with Crippen LogP contribution in [0.25, 0.3) is 0 Å². The normalized spacial score (nSPS) is 28.6. The van der Waals surface area contributed by atoms with Crippen molar-refractivity contribution >= 4 is 6.09 Å². The number of piperidine rings is 1. The number of hydrogen-bond donors (Lipinski definition) is 2. The molecule has 4 nitrogen and oxygen atoms in total. The van der Waals surface area contributed by atoms with Gasteiger partial charge in [0.25, 0.3) is 5.92 Å². The molecule has 1 atom stereocenters. The second-order valence-corrected chi connectivity index (χ2v) is 2.86. The molecular formula is C6H10F2N2O2. The average Bonchev–Trinajstić information content (AvgIpc) is 1.94. The summed E-state index contributed by atoms with van der Waals surface area (Å²) >= 11 is 0. The molecule has 1 fully saturated rings. The van der Waals surface area contributed by atoms with Crippen LogP contribution in [-0.2, 0) is 0 Å². The molecular weight excluding hydrogens is 170 g/mol. The van der Waals surface area contributed by atoms with E-state index in [-0.39, 0.29) is 13.0 Å². The Morgan fingerprint density at radius 2 is 2.25 bits per heavy atom. The zero-order chi connectivity index (χ0) is 9.35. The molecule has 1 saturated heterocycles. The van der Waals surface area contributed by atoms with E-state index in [2.05, 4.69) is 0 Å². The molecule has 1 amide bonds. The third kappa shape index (κ3) is 1.63. The minimum Gasteiger partial charge on any atom is -0.465 e. The Kier molecular flexibility index (Phi) is 2.18. The largest absolute Gasteiger partial charge is 0.465 e. The summed E-state index contributed by atoms with van der Waals surface area (Å²) in [6.45, 7) is -0.699. The molecule has 1 aliphatic rings. The fraction of sp³-hybridized carbons (Fsp3) is 0.833. The van der Waals surface area contributed by atoms with Gasteiger partial charge in [-0.15, -0.1) is 0 Å². The van der Waals surface area contributed by atoms with Gasteiger partial charge in [-0.3, -0.25) is 0 Å². The quantitative estimate of drug-likeness (QED) is 0.564. The predicted molar refractivity (Wildman–Crippen MR) is 37.1 cm³/mol. The molecule has 1 aliphatic heterocycles. The van der Waals surface area contributed by atoms with Gasteiger partial charge in [-0.25, -0.2) is 13.6 Å². The van der Waals surface area contributed by atoms with Crippen molar-refractivity contribution in [3.05, 3.63) is 0 Å². The molecule has 0 aliphatic carbocycles. The zero-order valence-corrected chi connectivity index (χ0v) is 6.33. The maximum Gasteiger partial charge on any atom is 0.407 e. The third-order valence-electron chi connectivity index (χ3n) is 1.92. The number of rotatable bonds is 0. The van der Waals surface area contributed by atoms with Crippen LogP contribution < -0.4 is 5.73 Å². The van der Waals surface area contributed by atoms with Crippen LogP contribution in [0.2, 0.25) is 0 Å². The van der Waals surface area contributed by atoms with Gasteiger partial charge in [0.1, 0.15) is 0 Å². The lowest BCUT2D eigenvalue weighted by atomic mass is 10.0.